The number of hydrogen-bond donors (Lipinski definition) is 2. The molecule has 2 aromatic heterocycles. The fraction of sp³-hybridized carbons (Fsp3) is 0.381. The Bertz CT molecular complexity index is 1100. The van der Waals surface area contributed by atoms with E-state index in [1.54, 1.807) is 37.3 Å². The Labute approximate surface area is 199 Å². The number of likely N-dealkylation sites (N-methyl/N-ethyl adjacent to an activating group) is 1. The third kappa shape index (κ3) is 5.91. The predicted octanol–water partition coefficient (Wildman–Crippen LogP) is 2.86. The molecule has 0 bridgehead atoms. The van der Waals surface area contributed by atoms with Gasteiger partial charge in [-0.05, 0) is 50.3 Å². The summed E-state index contributed by atoms with van der Waals surface area (Å²) in [4.78, 5) is 16.8. The Morgan fingerprint density at radius 2 is 2.03 bits per heavy atom. The van der Waals surface area contributed by atoms with Crippen molar-refractivity contribution in [2.75, 3.05) is 42.7 Å². The lowest BCUT2D eigenvalue weighted by Gasteiger charge is -2.23. The van der Waals surface area contributed by atoms with Crippen LogP contribution in [0.2, 0.25) is 0 Å². The summed E-state index contributed by atoms with van der Waals surface area (Å²) >= 11 is 1.23. The highest BCUT2D eigenvalue weighted by molar-refractivity contribution is 7.19. The maximum Gasteiger partial charge on any atom is 0.387 e. The Morgan fingerprint density at radius 1 is 1.21 bits per heavy atom. The monoisotopic (exact) mass is 490 g/mol. The van der Waals surface area contributed by atoms with Crippen LogP contribution in [0.15, 0.2) is 42.6 Å². The Hall–Kier alpha value is -3.45. The molecule has 2 N–H and O–H groups in total. The van der Waals surface area contributed by atoms with E-state index in [0.717, 1.165) is 25.3 Å². The molecule has 13 heteroatoms. The molecule has 3 aromatic rings. The number of halogens is 2. The molecule has 1 fully saturated rings. The Morgan fingerprint density at radius 3 is 2.76 bits per heavy atom. The van der Waals surface area contributed by atoms with Crippen molar-refractivity contribution in [2.24, 2.45) is 0 Å². The number of nitrogens with zero attached hydrogens (tertiary/aromatic N) is 6. The summed E-state index contributed by atoms with van der Waals surface area (Å²) in [6.45, 7) is -1.35. The summed E-state index contributed by atoms with van der Waals surface area (Å²) < 4.78 is 29.6. The van der Waals surface area contributed by atoms with E-state index >= 15 is 0 Å². The summed E-state index contributed by atoms with van der Waals surface area (Å²) in [7, 11) is 3.45. The Kier molecular flexibility index (Phi) is 7.43. The first-order valence-electron chi connectivity index (χ1n) is 10.5. The van der Waals surface area contributed by atoms with Crippen molar-refractivity contribution >= 4 is 33.3 Å². The van der Waals surface area contributed by atoms with E-state index < -0.39 is 12.7 Å². The van der Waals surface area contributed by atoms with E-state index in [1.807, 2.05) is 12.1 Å². The smallest absolute Gasteiger partial charge is 0.387 e. The van der Waals surface area contributed by atoms with Gasteiger partial charge in [0.05, 0.1) is 0 Å². The molecule has 0 spiro atoms. The fourth-order valence-electron chi connectivity index (χ4n) is 3.77. The van der Waals surface area contributed by atoms with Gasteiger partial charge in [-0.25, -0.2) is 0 Å². The van der Waals surface area contributed by atoms with Crippen LogP contribution in [0.1, 0.15) is 18.0 Å². The highest BCUT2D eigenvalue weighted by Crippen LogP contribution is 2.28. The normalized spacial score (nSPS) is 16.6. The van der Waals surface area contributed by atoms with Crippen LogP contribution in [-0.4, -0.2) is 71.0 Å². The van der Waals surface area contributed by atoms with Crippen molar-refractivity contribution in [2.45, 2.75) is 25.1 Å². The molecule has 1 saturated heterocycles. The number of amides is 1. The van der Waals surface area contributed by atoms with Gasteiger partial charge < -0.3 is 15.0 Å². The third-order valence-corrected chi connectivity index (χ3v) is 5.99. The molecule has 10 nitrogen and oxygen atoms in total. The van der Waals surface area contributed by atoms with Crippen LogP contribution in [-0.2, 0) is 4.79 Å². The van der Waals surface area contributed by atoms with E-state index in [1.165, 1.54) is 23.5 Å². The van der Waals surface area contributed by atoms with Crippen molar-refractivity contribution in [3.63, 3.8) is 0 Å². The first-order valence-corrected chi connectivity index (χ1v) is 11.4. The molecule has 0 radical (unpaired) electrons. The maximum absolute atomic E-state index is 13.0. The van der Waals surface area contributed by atoms with Gasteiger partial charge in [0, 0.05) is 25.3 Å². The second kappa shape index (κ2) is 10.7. The van der Waals surface area contributed by atoms with E-state index in [9.17, 15) is 13.6 Å². The second-order valence-corrected chi connectivity index (χ2v) is 8.85. The van der Waals surface area contributed by atoms with Gasteiger partial charge in [0.25, 0.3) is 0 Å². The van der Waals surface area contributed by atoms with Gasteiger partial charge >= 0.3 is 6.61 Å². The number of aromatic nitrogens is 4. The van der Waals surface area contributed by atoms with Crippen LogP contribution in [0, 0.1) is 0 Å². The zero-order valence-electron chi connectivity index (χ0n) is 18.6. The van der Waals surface area contributed by atoms with E-state index in [4.69, 9.17) is 0 Å². The molecule has 1 amide bonds. The van der Waals surface area contributed by atoms with Gasteiger partial charge in [0.2, 0.25) is 16.2 Å². The minimum atomic E-state index is -2.94. The molecule has 4 rings (SSSR count). The van der Waals surface area contributed by atoms with Crippen LogP contribution >= 0.6 is 11.3 Å². The van der Waals surface area contributed by atoms with E-state index in [0.29, 0.717) is 15.8 Å². The van der Waals surface area contributed by atoms with Crippen LogP contribution in [0.25, 0.3) is 0 Å². The number of ether oxygens (including phenoxy) is 1. The summed E-state index contributed by atoms with van der Waals surface area (Å²) in [6, 6.07) is 9.27. The molecule has 1 aromatic carbocycles. The van der Waals surface area contributed by atoms with Gasteiger partial charge in [-0.15, -0.1) is 15.3 Å². The van der Waals surface area contributed by atoms with Crippen molar-refractivity contribution in [1.29, 1.82) is 0 Å². The van der Waals surface area contributed by atoms with E-state index in [2.05, 4.69) is 40.7 Å². The van der Waals surface area contributed by atoms with Gasteiger partial charge in [0.15, 0.2) is 5.82 Å². The summed E-state index contributed by atoms with van der Waals surface area (Å²) in [5.41, 5.74) is 0.513. The van der Waals surface area contributed by atoms with Gasteiger partial charge in [-0.2, -0.15) is 13.9 Å². The predicted molar refractivity (Wildman–Crippen MR) is 124 cm³/mol. The fourth-order valence-corrected chi connectivity index (χ4v) is 4.50. The topological polar surface area (TPSA) is 108 Å². The number of hydrogen-bond acceptors (Lipinski definition) is 10. The van der Waals surface area contributed by atoms with Crippen molar-refractivity contribution in [3.05, 3.63) is 48.2 Å². The minimum absolute atomic E-state index is 0.0124. The molecular formula is C21H24F2N8O2S. The zero-order valence-corrected chi connectivity index (χ0v) is 19.4. The molecule has 1 unspecified atom stereocenters. The zero-order chi connectivity index (χ0) is 24.1. The second-order valence-electron chi connectivity index (χ2n) is 7.88. The van der Waals surface area contributed by atoms with Crippen LogP contribution < -0.4 is 20.3 Å². The molecule has 1 aliphatic heterocycles. The summed E-state index contributed by atoms with van der Waals surface area (Å²) in [6.07, 6.45) is 2.54. The molecule has 34 heavy (non-hydrogen) atoms. The number of carbonyl (C=O) groups excluding carboxylic acids is 1. The first kappa shape index (κ1) is 23.7. The molecule has 0 saturated carbocycles. The number of anilines is 3. The lowest BCUT2D eigenvalue weighted by molar-refractivity contribution is -0.120. The van der Waals surface area contributed by atoms with Crippen molar-refractivity contribution in [3.8, 4) is 5.75 Å². The lowest BCUT2D eigenvalue weighted by atomic mass is 10.0. The molecule has 3 heterocycles. The van der Waals surface area contributed by atoms with Crippen LogP contribution in [0.3, 0.4) is 0 Å². The standard InChI is InChI=1S/C21H24F2N8O2S/c1-30(2)17(13-5-3-6-15(11-13)33-19(22)23)18(32)26-21-29-28-20(34-21)25-14-8-10-31(12-14)16-7-4-9-24-27-16/h3-7,9,11,14,17,19H,8,10,12H2,1-2H3,(H,25,28)(H,26,29,32)/t14-,17?/m1/s1. The molecule has 1 aliphatic rings. The number of rotatable bonds is 9. The van der Waals surface area contributed by atoms with Crippen molar-refractivity contribution < 1.29 is 18.3 Å². The number of benzene rings is 1. The largest absolute Gasteiger partial charge is 0.435 e. The molecular weight excluding hydrogens is 466 g/mol. The Balaban J connectivity index is 1.37. The van der Waals surface area contributed by atoms with E-state index in [-0.39, 0.29) is 17.7 Å². The average Bonchev–Trinajstić information content (AvgIpc) is 3.44. The number of alkyl halides is 2. The highest BCUT2D eigenvalue weighted by Gasteiger charge is 2.27. The average molecular weight is 491 g/mol. The SMILES string of the molecule is CN(C)C(C(=O)Nc1nnc(N[C@@H]2CCN(c3cccnn3)C2)s1)c1cccc(OC(F)F)c1. The number of nitrogens with one attached hydrogen (secondary N) is 2. The van der Waals surface area contributed by atoms with Gasteiger partial charge in [-0.3, -0.25) is 15.0 Å². The quantitative estimate of drug-likeness (QED) is 0.468. The summed E-state index contributed by atoms with van der Waals surface area (Å²) in [5.74, 6) is 0.452. The lowest BCUT2D eigenvalue weighted by Crippen LogP contribution is -2.32. The number of carbonyl (C=O) groups is 1. The maximum atomic E-state index is 13.0. The van der Waals surface area contributed by atoms with Crippen molar-refractivity contribution in [1.82, 2.24) is 25.3 Å². The first-order chi connectivity index (χ1) is 16.4. The van der Waals surface area contributed by atoms with Crippen LogP contribution in [0.5, 0.6) is 5.75 Å². The molecule has 2 atom stereocenters. The van der Waals surface area contributed by atoms with Gasteiger partial charge in [0.1, 0.15) is 11.8 Å². The minimum Gasteiger partial charge on any atom is -0.435 e. The molecule has 180 valence electrons. The van der Waals surface area contributed by atoms with Gasteiger partial charge in [-0.1, -0.05) is 23.5 Å². The third-order valence-electron chi connectivity index (χ3n) is 5.22. The van der Waals surface area contributed by atoms with Crippen LogP contribution in [0.4, 0.5) is 24.9 Å². The highest BCUT2D eigenvalue weighted by atomic mass is 32.1. The summed E-state index contributed by atoms with van der Waals surface area (Å²) in [5, 5.41) is 23.3. The molecule has 0 aliphatic carbocycles.